The zero-order valence-corrected chi connectivity index (χ0v) is 10.7. The molecule has 90 valence electrons. The fourth-order valence-corrected chi connectivity index (χ4v) is 1.82. The molecule has 0 radical (unpaired) electrons. The molecule has 0 amide bonds. The fraction of sp³-hybridized carbons (Fsp3) is 0.667. The average Bonchev–Trinajstić information content (AvgIpc) is 2.55. The van der Waals surface area contributed by atoms with Crippen molar-refractivity contribution in [2.45, 2.75) is 40.0 Å². The highest BCUT2D eigenvalue weighted by Gasteiger charge is 2.24. The van der Waals surface area contributed by atoms with E-state index in [1.807, 2.05) is 34.7 Å². The van der Waals surface area contributed by atoms with Crippen LogP contribution < -0.4 is 0 Å². The lowest BCUT2D eigenvalue weighted by Gasteiger charge is -2.06. The second-order valence-electron chi connectivity index (χ2n) is 4.06. The number of aromatic nitrogens is 2. The molecule has 1 rings (SSSR count). The summed E-state index contributed by atoms with van der Waals surface area (Å²) in [5.74, 6) is -0.0259. The molecule has 0 spiro atoms. The van der Waals surface area contributed by atoms with Crippen LogP contribution in [-0.2, 0) is 18.2 Å². The number of ether oxygens (including phenoxy) is 1. The summed E-state index contributed by atoms with van der Waals surface area (Å²) in [6.07, 6.45) is 0.782. The van der Waals surface area contributed by atoms with E-state index in [0.29, 0.717) is 12.2 Å². The zero-order chi connectivity index (χ0) is 12.3. The van der Waals surface area contributed by atoms with Crippen molar-refractivity contribution >= 4 is 5.97 Å². The van der Waals surface area contributed by atoms with Gasteiger partial charge in [-0.2, -0.15) is 5.10 Å². The summed E-state index contributed by atoms with van der Waals surface area (Å²) in [5, 5.41) is 4.40. The van der Waals surface area contributed by atoms with Crippen LogP contribution in [0.3, 0.4) is 0 Å². The third-order valence-electron chi connectivity index (χ3n) is 2.55. The summed E-state index contributed by atoms with van der Waals surface area (Å²) < 4.78 is 6.86. The first-order chi connectivity index (χ1) is 7.52. The highest BCUT2D eigenvalue weighted by Crippen LogP contribution is 2.22. The second kappa shape index (κ2) is 5.14. The van der Waals surface area contributed by atoms with Crippen LogP contribution in [0.4, 0.5) is 0 Å². The van der Waals surface area contributed by atoms with Crippen LogP contribution in [0.2, 0.25) is 0 Å². The predicted molar refractivity (Wildman–Crippen MR) is 62.6 cm³/mol. The number of carbonyl (C=O) groups excluding carboxylic acids is 1. The van der Waals surface area contributed by atoms with Crippen molar-refractivity contribution in [2.24, 2.45) is 7.05 Å². The van der Waals surface area contributed by atoms with Gasteiger partial charge in [0.2, 0.25) is 0 Å². The van der Waals surface area contributed by atoms with Crippen molar-refractivity contribution in [3.05, 3.63) is 17.0 Å². The maximum atomic E-state index is 11.9. The van der Waals surface area contributed by atoms with Gasteiger partial charge in [-0.1, -0.05) is 20.8 Å². The molecule has 0 bridgehead atoms. The molecule has 0 aliphatic heterocycles. The Morgan fingerprint density at radius 1 is 1.44 bits per heavy atom. The third kappa shape index (κ3) is 2.26. The van der Waals surface area contributed by atoms with E-state index >= 15 is 0 Å². The zero-order valence-electron chi connectivity index (χ0n) is 10.7. The molecule has 4 heteroatoms. The highest BCUT2D eigenvalue weighted by molar-refractivity contribution is 5.92. The van der Waals surface area contributed by atoms with Gasteiger partial charge in [0, 0.05) is 7.05 Å². The number of aryl methyl sites for hydroxylation is 1. The molecular formula is C12H20N2O2. The van der Waals surface area contributed by atoms with Gasteiger partial charge in [0.15, 0.2) is 0 Å². The van der Waals surface area contributed by atoms with E-state index in [0.717, 1.165) is 17.8 Å². The Morgan fingerprint density at radius 2 is 2.06 bits per heavy atom. The molecule has 0 saturated carbocycles. The van der Waals surface area contributed by atoms with Crippen LogP contribution in [0.1, 0.15) is 55.4 Å². The Labute approximate surface area is 96.6 Å². The quantitative estimate of drug-likeness (QED) is 0.737. The molecule has 1 aromatic rings. The lowest BCUT2D eigenvalue weighted by molar-refractivity contribution is 0.0523. The van der Waals surface area contributed by atoms with Gasteiger partial charge in [0.1, 0.15) is 5.56 Å². The predicted octanol–water partition coefficient (Wildman–Crippen LogP) is 2.28. The minimum atomic E-state index is -0.254. The smallest absolute Gasteiger partial charge is 0.341 e. The van der Waals surface area contributed by atoms with Crippen molar-refractivity contribution in [1.82, 2.24) is 9.78 Å². The van der Waals surface area contributed by atoms with Gasteiger partial charge in [-0.05, 0) is 19.3 Å². The van der Waals surface area contributed by atoms with Crippen molar-refractivity contribution in [3.63, 3.8) is 0 Å². The van der Waals surface area contributed by atoms with Gasteiger partial charge in [-0.15, -0.1) is 0 Å². The number of carbonyl (C=O) groups is 1. The molecule has 0 atom stereocenters. The molecule has 16 heavy (non-hydrogen) atoms. The minimum Gasteiger partial charge on any atom is -0.462 e. The van der Waals surface area contributed by atoms with Crippen molar-refractivity contribution in [1.29, 1.82) is 0 Å². The molecule has 0 fully saturated rings. The average molecular weight is 224 g/mol. The number of nitrogens with zero attached hydrogens (tertiary/aromatic N) is 2. The highest BCUT2D eigenvalue weighted by atomic mass is 16.5. The standard InChI is InChI=1S/C12H20N2O2/c1-6-9-10(12(15)16-7-2)11(8(3)4)13-14(9)5/h8H,6-7H2,1-5H3. The molecule has 4 nitrogen and oxygen atoms in total. The number of esters is 1. The van der Waals surface area contributed by atoms with Gasteiger partial charge in [0.05, 0.1) is 18.0 Å². The summed E-state index contributed by atoms with van der Waals surface area (Å²) in [6.45, 7) is 8.29. The molecule has 1 aromatic heterocycles. The Hall–Kier alpha value is -1.32. The Morgan fingerprint density at radius 3 is 2.50 bits per heavy atom. The van der Waals surface area contributed by atoms with E-state index in [2.05, 4.69) is 5.10 Å². The lowest BCUT2D eigenvalue weighted by atomic mass is 10.0. The first-order valence-electron chi connectivity index (χ1n) is 5.75. The maximum Gasteiger partial charge on any atom is 0.341 e. The minimum absolute atomic E-state index is 0.228. The first kappa shape index (κ1) is 12.7. The number of rotatable bonds is 4. The Bertz CT molecular complexity index is 381. The van der Waals surface area contributed by atoms with Crippen molar-refractivity contribution in [2.75, 3.05) is 6.61 Å². The summed E-state index contributed by atoms with van der Waals surface area (Å²) in [4.78, 5) is 11.9. The van der Waals surface area contributed by atoms with E-state index < -0.39 is 0 Å². The Balaban J connectivity index is 3.25. The van der Waals surface area contributed by atoms with Crippen molar-refractivity contribution in [3.8, 4) is 0 Å². The van der Waals surface area contributed by atoms with Crippen LogP contribution in [0.15, 0.2) is 0 Å². The molecule has 1 heterocycles. The van der Waals surface area contributed by atoms with E-state index in [1.54, 1.807) is 4.68 Å². The van der Waals surface area contributed by atoms with E-state index in [4.69, 9.17) is 4.74 Å². The second-order valence-corrected chi connectivity index (χ2v) is 4.06. The van der Waals surface area contributed by atoms with Crippen LogP contribution in [0, 0.1) is 0 Å². The molecule has 0 aliphatic carbocycles. The van der Waals surface area contributed by atoms with Gasteiger partial charge >= 0.3 is 5.97 Å². The third-order valence-corrected chi connectivity index (χ3v) is 2.55. The van der Waals surface area contributed by atoms with Crippen LogP contribution >= 0.6 is 0 Å². The van der Waals surface area contributed by atoms with Crippen LogP contribution in [0.25, 0.3) is 0 Å². The molecular weight excluding hydrogens is 204 g/mol. The molecule has 0 saturated heterocycles. The summed E-state index contributed by atoms with van der Waals surface area (Å²) in [5.41, 5.74) is 2.43. The van der Waals surface area contributed by atoms with Gasteiger partial charge < -0.3 is 4.74 Å². The van der Waals surface area contributed by atoms with E-state index in [-0.39, 0.29) is 11.9 Å². The number of hydrogen-bond acceptors (Lipinski definition) is 3. The normalized spacial score (nSPS) is 10.9. The lowest BCUT2D eigenvalue weighted by Crippen LogP contribution is -2.10. The molecule has 0 N–H and O–H groups in total. The summed E-state index contributed by atoms with van der Waals surface area (Å²) >= 11 is 0. The van der Waals surface area contributed by atoms with Crippen LogP contribution in [-0.4, -0.2) is 22.4 Å². The van der Waals surface area contributed by atoms with Crippen LogP contribution in [0.5, 0.6) is 0 Å². The summed E-state index contributed by atoms with van der Waals surface area (Å²) in [6, 6.07) is 0. The fourth-order valence-electron chi connectivity index (χ4n) is 1.82. The van der Waals surface area contributed by atoms with Gasteiger partial charge in [-0.3, -0.25) is 4.68 Å². The first-order valence-corrected chi connectivity index (χ1v) is 5.75. The largest absolute Gasteiger partial charge is 0.462 e. The van der Waals surface area contributed by atoms with E-state index in [9.17, 15) is 4.79 Å². The van der Waals surface area contributed by atoms with E-state index in [1.165, 1.54) is 0 Å². The molecule has 0 aliphatic rings. The van der Waals surface area contributed by atoms with Gasteiger partial charge in [0.25, 0.3) is 0 Å². The van der Waals surface area contributed by atoms with Crippen molar-refractivity contribution < 1.29 is 9.53 Å². The maximum absolute atomic E-state index is 11.9. The topological polar surface area (TPSA) is 44.1 Å². The van der Waals surface area contributed by atoms with Gasteiger partial charge in [-0.25, -0.2) is 4.79 Å². The Kier molecular flexibility index (Phi) is 4.10. The molecule has 0 unspecified atom stereocenters. The monoisotopic (exact) mass is 224 g/mol. The SMILES string of the molecule is CCOC(=O)c1c(C(C)C)nn(C)c1CC. The summed E-state index contributed by atoms with van der Waals surface area (Å²) in [7, 11) is 1.87. The molecule has 0 aromatic carbocycles. The number of hydrogen-bond donors (Lipinski definition) is 0.